The van der Waals surface area contributed by atoms with Crippen molar-refractivity contribution >= 4 is 48.3 Å². The van der Waals surface area contributed by atoms with E-state index >= 15 is 0 Å². The monoisotopic (exact) mass is 314 g/mol. The third-order valence-corrected chi connectivity index (χ3v) is 5.95. The van der Waals surface area contributed by atoms with Gasteiger partial charge in [-0.1, -0.05) is 0 Å². The van der Waals surface area contributed by atoms with Gasteiger partial charge in [-0.25, -0.2) is 0 Å². The second-order valence-electron chi connectivity index (χ2n) is 3.10. The van der Waals surface area contributed by atoms with E-state index in [0.717, 1.165) is 0 Å². The van der Waals surface area contributed by atoms with E-state index in [9.17, 15) is 4.79 Å². The van der Waals surface area contributed by atoms with Crippen LogP contribution >= 0.6 is 0 Å². The van der Waals surface area contributed by atoms with Crippen LogP contribution in [-0.4, -0.2) is 29.0 Å². The van der Waals surface area contributed by atoms with Crippen LogP contribution in [0.5, 0.6) is 0 Å². The molecule has 0 saturated carbocycles. The van der Waals surface area contributed by atoms with Gasteiger partial charge < -0.3 is 0 Å². The number of rotatable bonds is 0. The molecule has 0 spiro atoms. The van der Waals surface area contributed by atoms with E-state index in [0.29, 0.717) is 14.5 Å². The van der Waals surface area contributed by atoms with Crippen molar-refractivity contribution in [3.05, 3.63) is 44.4 Å². The van der Waals surface area contributed by atoms with Gasteiger partial charge >= 0.3 is 92.7 Å². The predicted molar refractivity (Wildman–Crippen MR) is 61.6 cm³/mol. The Labute approximate surface area is 92.5 Å². The molecule has 14 heavy (non-hydrogen) atoms. The summed E-state index contributed by atoms with van der Waals surface area (Å²) in [5.41, 5.74) is 0. The number of fused-ring (bicyclic) bond motifs is 2. The molecule has 0 aliphatic heterocycles. The van der Waals surface area contributed by atoms with Crippen LogP contribution in [0.4, 0.5) is 0 Å². The second kappa shape index (κ2) is 3.22. The average molecular weight is 312 g/mol. The van der Waals surface area contributed by atoms with Gasteiger partial charge in [0, 0.05) is 0 Å². The molecule has 1 nitrogen and oxygen atoms in total. The van der Waals surface area contributed by atoms with E-state index in [-0.39, 0.29) is 18.8 Å². The second-order valence-corrected chi connectivity index (χ2v) is 7.29. The molecule has 3 aromatic rings. The topological polar surface area (TPSA) is 17.1 Å². The molecule has 0 N–H and O–H groups in total. The number of hydrogen-bond acceptors (Lipinski definition) is 1. The van der Waals surface area contributed by atoms with Gasteiger partial charge in [0.1, 0.15) is 0 Å². The minimum absolute atomic E-state index is 0.0117. The van der Waals surface area contributed by atoms with Crippen LogP contribution in [0.15, 0.2) is 40.1 Å². The van der Waals surface area contributed by atoms with Crippen LogP contribution in [0.2, 0.25) is 0 Å². The van der Waals surface area contributed by atoms with Gasteiger partial charge in [0.15, 0.2) is 0 Å². The zero-order valence-corrected chi connectivity index (χ0v) is 10.6. The Balaban J connectivity index is 2.56. The molecule has 2 aromatic heterocycles. The summed E-state index contributed by atoms with van der Waals surface area (Å²) in [5, 5.41) is 2.59. The molecule has 0 aliphatic carbocycles. The first-order valence-corrected chi connectivity index (χ1v) is 7.80. The molecule has 0 atom stereocenters. The molecule has 0 bridgehead atoms. The molecule has 1 aromatic carbocycles. The zero-order valence-electron chi connectivity index (χ0n) is 7.19. The van der Waals surface area contributed by atoms with Crippen LogP contribution in [0.25, 0.3) is 19.3 Å². The van der Waals surface area contributed by atoms with E-state index in [2.05, 4.69) is 23.1 Å². The molecule has 0 unspecified atom stereocenters. The van der Waals surface area contributed by atoms with Crippen LogP contribution in [0, 0.1) is 0 Å². The zero-order chi connectivity index (χ0) is 9.54. The van der Waals surface area contributed by atoms with Crippen molar-refractivity contribution in [3.63, 3.8) is 0 Å². The molecule has 2 heterocycles. The third kappa shape index (κ3) is 1.34. The first-order valence-electron chi connectivity index (χ1n) is 4.24. The predicted octanol–water partition coefficient (Wildman–Crippen LogP) is 1.47. The fourth-order valence-electron chi connectivity index (χ4n) is 1.53. The van der Waals surface area contributed by atoms with Gasteiger partial charge in [-0.3, -0.25) is 0 Å². The summed E-state index contributed by atoms with van der Waals surface area (Å²) in [6, 6.07) is 10.3. The Morgan fingerprint density at radius 3 is 2.71 bits per heavy atom. The first kappa shape index (κ1) is 8.70. The average Bonchev–Trinajstić information content (AvgIpc) is 2.61. The quantitative estimate of drug-likeness (QED) is 0.575. The molecule has 68 valence electrons. The normalized spacial score (nSPS) is 11.1. The van der Waals surface area contributed by atoms with Crippen molar-refractivity contribution in [2.45, 2.75) is 0 Å². The van der Waals surface area contributed by atoms with Crippen molar-refractivity contribution in [1.29, 1.82) is 0 Å². The van der Waals surface area contributed by atoms with E-state index < -0.39 is 0 Å². The molecule has 0 saturated heterocycles. The maximum atomic E-state index is 11.3. The molecule has 3 rings (SSSR count). The first-order chi connectivity index (χ1) is 6.83. The molecule has 0 fully saturated rings. The van der Waals surface area contributed by atoms with E-state index in [1.165, 1.54) is 19.3 Å². The summed E-state index contributed by atoms with van der Waals surface area (Å²) >= 11 is 0.502. The Kier molecular flexibility index (Phi) is 2.00. The van der Waals surface area contributed by atoms with Crippen LogP contribution < -0.4 is 4.30 Å². The van der Waals surface area contributed by atoms with Crippen molar-refractivity contribution in [3.8, 4) is 0 Å². The van der Waals surface area contributed by atoms with E-state index in [1.54, 1.807) is 6.07 Å². The van der Waals surface area contributed by atoms with Crippen molar-refractivity contribution in [2.75, 3.05) is 0 Å². The van der Waals surface area contributed by atoms with Crippen LogP contribution in [0.3, 0.4) is 0 Å². The Morgan fingerprint density at radius 1 is 0.929 bits per heavy atom. The van der Waals surface area contributed by atoms with Crippen molar-refractivity contribution in [1.82, 2.24) is 0 Å². The van der Waals surface area contributed by atoms with Gasteiger partial charge in [0.05, 0.1) is 0 Å². The van der Waals surface area contributed by atoms with Crippen molar-refractivity contribution in [2.24, 2.45) is 0 Å². The Bertz CT molecular complexity index is 663. The van der Waals surface area contributed by atoms with Crippen LogP contribution in [0.1, 0.15) is 0 Å². The number of benzene rings is 1. The maximum absolute atomic E-state index is 11.3. The van der Waals surface area contributed by atoms with E-state index in [1.807, 2.05) is 6.07 Å². The van der Waals surface area contributed by atoms with Gasteiger partial charge in [-0.15, -0.1) is 0 Å². The summed E-state index contributed by atoms with van der Waals surface area (Å²) in [5.74, 6) is 0. The SMILES string of the molecule is O=c1ccc2cc3cc[se]c3cc2[se]1. The molecule has 0 amide bonds. The summed E-state index contributed by atoms with van der Waals surface area (Å²) in [6.45, 7) is 0. The fourth-order valence-corrected chi connectivity index (χ4v) is 5.23. The summed E-state index contributed by atoms with van der Waals surface area (Å²) in [7, 11) is 0. The van der Waals surface area contributed by atoms with Gasteiger partial charge in [-0.2, -0.15) is 0 Å². The minimum atomic E-state index is 0.0117. The number of hydrogen-bond donors (Lipinski definition) is 0. The van der Waals surface area contributed by atoms with Gasteiger partial charge in [0.2, 0.25) is 0 Å². The summed E-state index contributed by atoms with van der Waals surface area (Å²) < 4.78 is 2.97. The van der Waals surface area contributed by atoms with Gasteiger partial charge in [0.25, 0.3) is 0 Å². The summed E-state index contributed by atoms with van der Waals surface area (Å²) in [4.78, 5) is 13.5. The molecule has 0 aliphatic rings. The molecule has 0 radical (unpaired) electrons. The molecular formula is C11H6OSe2. The van der Waals surface area contributed by atoms with Crippen LogP contribution in [-0.2, 0) is 0 Å². The third-order valence-electron chi connectivity index (χ3n) is 2.19. The Hall–Kier alpha value is -0.591. The summed E-state index contributed by atoms with van der Waals surface area (Å²) in [6.07, 6.45) is 0. The molecular weight excluding hydrogens is 306 g/mol. The van der Waals surface area contributed by atoms with Gasteiger partial charge in [-0.05, 0) is 0 Å². The van der Waals surface area contributed by atoms with E-state index in [4.69, 9.17) is 0 Å². The molecule has 3 heteroatoms. The standard InChI is InChI=1S/C11H6OSe2/c12-11-2-1-7-5-8-3-4-13-9(8)6-10(7)14-11/h1-6H. The Morgan fingerprint density at radius 2 is 1.79 bits per heavy atom. The van der Waals surface area contributed by atoms with Crippen molar-refractivity contribution < 1.29 is 0 Å². The fraction of sp³-hybridized carbons (Fsp3) is 0.